The summed E-state index contributed by atoms with van der Waals surface area (Å²) in [6, 6.07) is 18.3. The number of nitrogens with zero attached hydrogens (tertiary/aromatic N) is 2. The van der Waals surface area contributed by atoms with Crippen LogP contribution in [0.2, 0.25) is 0 Å². The highest BCUT2D eigenvalue weighted by atomic mass is 16.5. The van der Waals surface area contributed by atoms with Crippen molar-refractivity contribution in [2.75, 3.05) is 94.7 Å². The summed E-state index contributed by atoms with van der Waals surface area (Å²) in [5, 5.41) is 0. The molecule has 12 heteroatoms. The first-order chi connectivity index (χ1) is 26.3. The SMILES string of the molecule is COc1ccc(C[N+]2(CCCOC(=O)/C=C\C(=O)OCCCN3CCc4cc(OC)c(OC)cc4[C@H]3Cc3ccc(OC)c(OC)c3)CCOCC2)cc1. The largest absolute Gasteiger partial charge is 0.497 e. The van der Waals surface area contributed by atoms with E-state index in [4.69, 9.17) is 37.9 Å². The van der Waals surface area contributed by atoms with Crippen LogP contribution in [0.15, 0.2) is 66.7 Å². The Labute approximate surface area is 319 Å². The van der Waals surface area contributed by atoms with Gasteiger partial charge >= 0.3 is 11.9 Å². The number of morpholine rings is 1. The first kappa shape index (κ1) is 40.4. The number of carbonyl (C=O) groups excluding carboxylic acids is 2. The van der Waals surface area contributed by atoms with Crippen molar-refractivity contribution in [1.82, 2.24) is 4.90 Å². The fourth-order valence-electron chi connectivity index (χ4n) is 7.37. The molecule has 5 rings (SSSR count). The van der Waals surface area contributed by atoms with E-state index >= 15 is 0 Å². The van der Waals surface area contributed by atoms with E-state index in [-0.39, 0.29) is 19.3 Å². The van der Waals surface area contributed by atoms with Crippen molar-refractivity contribution in [2.24, 2.45) is 0 Å². The summed E-state index contributed by atoms with van der Waals surface area (Å²) >= 11 is 0. The van der Waals surface area contributed by atoms with Gasteiger partial charge in [0.15, 0.2) is 23.0 Å². The number of quaternary nitrogens is 1. The van der Waals surface area contributed by atoms with Crippen molar-refractivity contribution in [1.29, 1.82) is 0 Å². The summed E-state index contributed by atoms with van der Waals surface area (Å²) in [5.74, 6) is 2.44. The van der Waals surface area contributed by atoms with Gasteiger partial charge in [0.25, 0.3) is 0 Å². The van der Waals surface area contributed by atoms with Gasteiger partial charge in [-0.1, -0.05) is 6.07 Å². The zero-order chi connectivity index (χ0) is 38.3. The molecule has 3 aromatic carbocycles. The maximum atomic E-state index is 12.5. The van der Waals surface area contributed by atoms with E-state index in [0.717, 1.165) is 73.5 Å². The summed E-state index contributed by atoms with van der Waals surface area (Å²) in [6.07, 6.45) is 5.18. The van der Waals surface area contributed by atoms with Crippen molar-refractivity contribution < 1.29 is 52.0 Å². The minimum Gasteiger partial charge on any atom is -0.497 e. The lowest BCUT2D eigenvalue weighted by molar-refractivity contribution is -0.947. The van der Waals surface area contributed by atoms with E-state index in [1.807, 2.05) is 24.3 Å². The zero-order valence-electron chi connectivity index (χ0n) is 32.3. The fourth-order valence-corrected chi connectivity index (χ4v) is 7.37. The Morgan fingerprint density at radius 1 is 0.741 bits per heavy atom. The molecule has 2 aliphatic heterocycles. The maximum absolute atomic E-state index is 12.5. The number of ether oxygens (including phenoxy) is 8. The molecule has 0 spiro atoms. The Kier molecular flexibility index (Phi) is 15.0. The number of fused-ring (bicyclic) bond motifs is 1. The lowest BCUT2D eigenvalue weighted by atomic mass is 9.88. The molecule has 0 aliphatic carbocycles. The summed E-state index contributed by atoms with van der Waals surface area (Å²) in [5.41, 5.74) is 4.72. The van der Waals surface area contributed by atoms with E-state index in [0.29, 0.717) is 55.6 Å². The van der Waals surface area contributed by atoms with Gasteiger partial charge in [0.05, 0.1) is 68.5 Å². The first-order valence-electron chi connectivity index (χ1n) is 18.6. The molecular formula is C42H55N2O10+. The second kappa shape index (κ2) is 20.1. The average molecular weight is 748 g/mol. The molecule has 0 radical (unpaired) electrons. The normalized spacial score (nSPS) is 16.6. The lowest BCUT2D eigenvalue weighted by Gasteiger charge is -2.41. The number of carbonyl (C=O) groups is 2. The van der Waals surface area contributed by atoms with Crippen LogP contribution in [-0.4, -0.2) is 116 Å². The van der Waals surface area contributed by atoms with Crippen LogP contribution in [0.25, 0.3) is 0 Å². The van der Waals surface area contributed by atoms with Crippen LogP contribution in [0, 0.1) is 0 Å². The molecule has 54 heavy (non-hydrogen) atoms. The van der Waals surface area contributed by atoms with Crippen molar-refractivity contribution in [3.63, 3.8) is 0 Å². The molecule has 0 bridgehead atoms. The molecule has 3 aromatic rings. The number of hydrogen-bond acceptors (Lipinski definition) is 11. The van der Waals surface area contributed by atoms with Gasteiger partial charge in [0.2, 0.25) is 0 Å². The third kappa shape index (κ3) is 10.9. The Morgan fingerprint density at radius 2 is 1.35 bits per heavy atom. The molecule has 12 nitrogen and oxygen atoms in total. The van der Waals surface area contributed by atoms with E-state index < -0.39 is 11.9 Å². The fraction of sp³-hybridized carbons (Fsp3) is 0.476. The number of methoxy groups -OCH3 is 5. The highest BCUT2D eigenvalue weighted by Gasteiger charge is 2.31. The Bertz CT molecular complexity index is 1700. The van der Waals surface area contributed by atoms with E-state index in [1.54, 1.807) is 35.5 Å². The minimum atomic E-state index is -0.577. The summed E-state index contributed by atoms with van der Waals surface area (Å²) in [4.78, 5) is 27.3. The van der Waals surface area contributed by atoms with Crippen LogP contribution in [0.5, 0.6) is 28.7 Å². The van der Waals surface area contributed by atoms with Gasteiger partial charge in [0.1, 0.15) is 25.4 Å². The smallest absolute Gasteiger partial charge is 0.331 e. The maximum Gasteiger partial charge on any atom is 0.331 e. The zero-order valence-corrected chi connectivity index (χ0v) is 32.3. The molecule has 1 atom stereocenters. The van der Waals surface area contributed by atoms with Gasteiger partial charge < -0.3 is 42.4 Å². The van der Waals surface area contributed by atoms with E-state index in [2.05, 4.69) is 35.2 Å². The highest BCUT2D eigenvalue weighted by molar-refractivity contribution is 5.91. The van der Waals surface area contributed by atoms with Crippen molar-refractivity contribution in [2.45, 2.75) is 38.3 Å². The molecule has 292 valence electrons. The second-order valence-corrected chi connectivity index (χ2v) is 13.6. The average Bonchev–Trinajstić information content (AvgIpc) is 3.20. The number of hydrogen-bond donors (Lipinski definition) is 0. The summed E-state index contributed by atoms with van der Waals surface area (Å²) in [6.45, 7) is 6.96. The molecule has 0 unspecified atom stereocenters. The van der Waals surface area contributed by atoms with Crippen LogP contribution in [0.1, 0.15) is 41.1 Å². The van der Waals surface area contributed by atoms with Crippen LogP contribution in [-0.2, 0) is 43.2 Å². The molecule has 0 N–H and O–H groups in total. The van der Waals surface area contributed by atoms with Crippen molar-refractivity contribution in [3.05, 3.63) is 89.0 Å². The van der Waals surface area contributed by atoms with Crippen LogP contribution >= 0.6 is 0 Å². The minimum absolute atomic E-state index is 0.0413. The van der Waals surface area contributed by atoms with Gasteiger partial charge in [-0.15, -0.1) is 0 Å². The highest BCUT2D eigenvalue weighted by Crippen LogP contribution is 2.40. The molecule has 0 aromatic heterocycles. The third-order valence-corrected chi connectivity index (χ3v) is 10.3. The second-order valence-electron chi connectivity index (χ2n) is 13.6. The summed E-state index contributed by atoms with van der Waals surface area (Å²) < 4.78 is 45.0. The molecule has 2 heterocycles. The number of esters is 2. The third-order valence-electron chi connectivity index (χ3n) is 10.3. The van der Waals surface area contributed by atoms with Crippen LogP contribution in [0.4, 0.5) is 0 Å². The monoisotopic (exact) mass is 747 g/mol. The standard InChI is InChI=1S/C42H55N2O10/c1-47-34-11-8-31(9-12-34)30-44(20-24-52-25-21-44)19-7-23-54-42(46)15-14-41(45)53-22-6-17-43-18-16-33-28-39(50-4)40(51-5)29-35(33)36(43)26-32-10-13-37(48-2)38(27-32)49-3/h8-15,27-29,36H,6-7,16-26,30H2,1-5H3/q+1/b15-14-/t36-/m1/s1. The number of rotatable bonds is 19. The van der Waals surface area contributed by atoms with Crippen LogP contribution in [0.3, 0.4) is 0 Å². The molecule has 0 amide bonds. The molecular weight excluding hydrogens is 692 g/mol. The quantitative estimate of drug-likeness (QED) is 0.0686. The van der Waals surface area contributed by atoms with Gasteiger partial charge in [0, 0.05) is 43.3 Å². The summed E-state index contributed by atoms with van der Waals surface area (Å²) in [7, 11) is 8.21. The van der Waals surface area contributed by atoms with Gasteiger partial charge in [-0.05, 0) is 84.5 Å². The lowest BCUT2D eigenvalue weighted by Crippen LogP contribution is -2.55. The molecule has 1 fully saturated rings. The Balaban J connectivity index is 1.09. The van der Waals surface area contributed by atoms with Gasteiger partial charge in [-0.2, -0.15) is 0 Å². The number of benzene rings is 3. The van der Waals surface area contributed by atoms with Crippen molar-refractivity contribution in [3.8, 4) is 28.7 Å². The van der Waals surface area contributed by atoms with Gasteiger partial charge in [-0.3, -0.25) is 4.90 Å². The predicted molar refractivity (Wildman–Crippen MR) is 203 cm³/mol. The van der Waals surface area contributed by atoms with Crippen LogP contribution < -0.4 is 23.7 Å². The predicted octanol–water partition coefficient (Wildman–Crippen LogP) is 5.34. The first-order valence-corrected chi connectivity index (χ1v) is 18.6. The van der Waals surface area contributed by atoms with Crippen molar-refractivity contribution >= 4 is 11.9 Å². The Morgan fingerprint density at radius 3 is 2.00 bits per heavy atom. The topological polar surface area (TPSA) is 111 Å². The van der Waals surface area contributed by atoms with E-state index in [9.17, 15) is 9.59 Å². The molecule has 0 saturated carbocycles. The molecule has 2 aliphatic rings. The Hall–Kier alpha value is -4.78. The molecule has 1 saturated heterocycles. The van der Waals surface area contributed by atoms with Gasteiger partial charge in [-0.25, -0.2) is 9.59 Å². The van der Waals surface area contributed by atoms with E-state index in [1.165, 1.54) is 16.7 Å².